The number of halogens is 1. The van der Waals surface area contributed by atoms with Gasteiger partial charge in [0, 0.05) is 5.69 Å². The Morgan fingerprint density at radius 3 is 2.40 bits per heavy atom. The monoisotopic (exact) mass is 273 g/mol. The van der Waals surface area contributed by atoms with Gasteiger partial charge in [-0.1, -0.05) is 37.3 Å². The van der Waals surface area contributed by atoms with Gasteiger partial charge in [0.15, 0.2) is 0 Å². The van der Waals surface area contributed by atoms with E-state index >= 15 is 0 Å². The van der Waals surface area contributed by atoms with Crippen LogP contribution in [0.5, 0.6) is 0 Å². The molecule has 0 aliphatic rings. The Morgan fingerprint density at radius 2 is 1.85 bits per heavy atom. The van der Waals surface area contributed by atoms with Crippen molar-refractivity contribution in [2.75, 3.05) is 11.9 Å². The third-order valence-electron chi connectivity index (χ3n) is 3.63. The standard InChI is InChI=1S/C17H20FNO/c1-3-17(12-20,14-7-5-4-6-8-14)19-16-10-13(2)9-15(18)11-16/h4-11,19-20H,3,12H2,1-2H3. The zero-order chi connectivity index (χ0) is 14.6. The van der Waals surface area contributed by atoms with Gasteiger partial charge in [-0.05, 0) is 42.7 Å². The molecule has 2 rings (SSSR count). The fraction of sp³-hybridized carbons (Fsp3) is 0.294. The first-order chi connectivity index (χ1) is 9.59. The average Bonchev–Trinajstić information content (AvgIpc) is 2.45. The molecule has 1 unspecified atom stereocenters. The van der Waals surface area contributed by atoms with Gasteiger partial charge in [0.25, 0.3) is 0 Å². The molecule has 0 aliphatic carbocycles. The van der Waals surface area contributed by atoms with E-state index in [4.69, 9.17) is 0 Å². The maximum Gasteiger partial charge on any atom is 0.125 e. The van der Waals surface area contributed by atoms with E-state index in [0.29, 0.717) is 12.1 Å². The lowest BCUT2D eigenvalue weighted by Crippen LogP contribution is -2.38. The Bertz CT molecular complexity index is 544. The first kappa shape index (κ1) is 14.5. The van der Waals surface area contributed by atoms with E-state index in [1.165, 1.54) is 12.1 Å². The molecule has 0 saturated carbocycles. The molecule has 0 aliphatic heterocycles. The van der Waals surface area contributed by atoms with Crippen molar-refractivity contribution < 1.29 is 9.50 Å². The summed E-state index contributed by atoms with van der Waals surface area (Å²) in [6.45, 7) is 3.80. The van der Waals surface area contributed by atoms with E-state index in [0.717, 1.165) is 11.1 Å². The van der Waals surface area contributed by atoms with Crippen LogP contribution in [0.1, 0.15) is 24.5 Å². The second-order valence-electron chi connectivity index (χ2n) is 5.10. The minimum atomic E-state index is -0.596. The van der Waals surface area contributed by atoms with E-state index in [1.807, 2.05) is 50.2 Å². The molecule has 106 valence electrons. The van der Waals surface area contributed by atoms with E-state index in [1.54, 1.807) is 0 Å². The molecule has 0 aromatic heterocycles. The molecule has 0 amide bonds. The number of aliphatic hydroxyl groups excluding tert-OH is 1. The molecule has 20 heavy (non-hydrogen) atoms. The summed E-state index contributed by atoms with van der Waals surface area (Å²) in [6, 6.07) is 14.6. The smallest absolute Gasteiger partial charge is 0.125 e. The molecule has 2 aromatic carbocycles. The predicted molar refractivity (Wildman–Crippen MR) is 80.3 cm³/mol. The summed E-state index contributed by atoms with van der Waals surface area (Å²) in [7, 11) is 0. The van der Waals surface area contributed by atoms with Crippen molar-refractivity contribution in [3.8, 4) is 0 Å². The first-order valence-corrected chi connectivity index (χ1v) is 6.81. The van der Waals surface area contributed by atoms with Gasteiger partial charge in [0.1, 0.15) is 5.82 Å². The SMILES string of the molecule is CCC(CO)(Nc1cc(C)cc(F)c1)c1ccccc1. The quantitative estimate of drug-likeness (QED) is 0.867. The average molecular weight is 273 g/mol. The summed E-state index contributed by atoms with van der Waals surface area (Å²) in [5.41, 5.74) is 1.93. The van der Waals surface area contributed by atoms with Gasteiger partial charge in [0.05, 0.1) is 12.1 Å². The maximum atomic E-state index is 13.5. The molecule has 3 heteroatoms. The lowest BCUT2D eigenvalue weighted by atomic mass is 9.87. The van der Waals surface area contributed by atoms with E-state index in [-0.39, 0.29) is 12.4 Å². The molecule has 0 bridgehead atoms. The lowest BCUT2D eigenvalue weighted by molar-refractivity contribution is 0.207. The van der Waals surface area contributed by atoms with Crippen LogP contribution in [0.4, 0.5) is 10.1 Å². The van der Waals surface area contributed by atoms with Crippen molar-refractivity contribution in [2.45, 2.75) is 25.8 Å². The summed E-state index contributed by atoms with van der Waals surface area (Å²) in [5.74, 6) is -0.275. The van der Waals surface area contributed by atoms with Crippen LogP contribution in [0, 0.1) is 12.7 Å². The van der Waals surface area contributed by atoms with Crippen LogP contribution in [-0.2, 0) is 5.54 Å². The maximum absolute atomic E-state index is 13.5. The highest BCUT2D eigenvalue weighted by atomic mass is 19.1. The van der Waals surface area contributed by atoms with Crippen LogP contribution in [0.2, 0.25) is 0 Å². The number of nitrogens with one attached hydrogen (secondary N) is 1. The zero-order valence-electron chi connectivity index (χ0n) is 11.9. The van der Waals surface area contributed by atoms with Gasteiger partial charge >= 0.3 is 0 Å². The molecule has 1 atom stereocenters. The van der Waals surface area contributed by atoms with Crippen LogP contribution in [-0.4, -0.2) is 11.7 Å². The number of rotatable bonds is 5. The largest absolute Gasteiger partial charge is 0.394 e. The minimum Gasteiger partial charge on any atom is -0.394 e. The molecule has 0 heterocycles. The van der Waals surface area contributed by atoms with Gasteiger partial charge in [-0.15, -0.1) is 0 Å². The Hall–Kier alpha value is -1.87. The summed E-state index contributed by atoms with van der Waals surface area (Å²) in [4.78, 5) is 0. The van der Waals surface area contributed by atoms with Crippen LogP contribution in [0.15, 0.2) is 48.5 Å². The predicted octanol–water partition coefficient (Wildman–Crippen LogP) is 3.84. The molecular weight excluding hydrogens is 253 g/mol. The number of hydrogen-bond acceptors (Lipinski definition) is 2. The van der Waals surface area contributed by atoms with Crippen LogP contribution < -0.4 is 5.32 Å². The first-order valence-electron chi connectivity index (χ1n) is 6.81. The zero-order valence-corrected chi connectivity index (χ0v) is 11.9. The summed E-state index contributed by atoms with van der Waals surface area (Å²) in [5, 5.41) is 13.2. The summed E-state index contributed by atoms with van der Waals surface area (Å²) in [6.07, 6.45) is 0.697. The topological polar surface area (TPSA) is 32.3 Å². The highest BCUT2D eigenvalue weighted by Gasteiger charge is 2.29. The van der Waals surface area contributed by atoms with Crippen molar-refractivity contribution >= 4 is 5.69 Å². The van der Waals surface area contributed by atoms with Crippen molar-refractivity contribution in [1.29, 1.82) is 0 Å². The second-order valence-corrected chi connectivity index (χ2v) is 5.10. The summed E-state index contributed by atoms with van der Waals surface area (Å²) < 4.78 is 13.5. The summed E-state index contributed by atoms with van der Waals surface area (Å²) >= 11 is 0. The molecule has 2 aromatic rings. The second kappa shape index (κ2) is 6.06. The van der Waals surface area contributed by atoms with Crippen molar-refractivity contribution in [3.05, 3.63) is 65.5 Å². The molecule has 2 N–H and O–H groups in total. The third-order valence-corrected chi connectivity index (χ3v) is 3.63. The Kier molecular flexibility index (Phi) is 4.40. The Morgan fingerprint density at radius 1 is 1.15 bits per heavy atom. The number of aryl methyl sites for hydroxylation is 1. The molecule has 0 saturated heterocycles. The number of anilines is 1. The highest BCUT2D eigenvalue weighted by Crippen LogP contribution is 2.30. The van der Waals surface area contributed by atoms with E-state index in [2.05, 4.69) is 5.32 Å². The van der Waals surface area contributed by atoms with Crippen LogP contribution in [0.25, 0.3) is 0 Å². The minimum absolute atomic E-state index is 0.0525. The fourth-order valence-corrected chi connectivity index (χ4v) is 2.45. The van der Waals surface area contributed by atoms with Crippen LogP contribution in [0.3, 0.4) is 0 Å². The molecule has 2 nitrogen and oxygen atoms in total. The number of benzene rings is 2. The van der Waals surface area contributed by atoms with Crippen LogP contribution >= 0.6 is 0 Å². The van der Waals surface area contributed by atoms with Crippen molar-refractivity contribution in [3.63, 3.8) is 0 Å². The molecular formula is C17H20FNO. The molecule has 0 fully saturated rings. The van der Waals surface area contributed by atoms with E-state index < -0.39 is 5.54 Å². The highest BCUT2D eigenvalue weighted by molar-refractivity contribution is 5.50. The van der Waals surface area contributed by atoms with Gasteiger partial charge in [0.2, 0.25) is 0 Å². The van der Waals surface area contributed by atoms with E-state index in [9.17, 15) is 9.50 Å². The Balaban J connectivity index is 2.39. The van der Waals surface area contributed by atoms with Gasteiger partial charge in [-0.3, -0.25) is 0 Å². The van der Waals surface area contributed by atoms with Gasteiger partial charge in [-0.25, -0.2) is 4.39 Å². The fourth-order valence-electron chi connectivity index (χ4n) is 2.45. The molecule has 0 radical (unpaired) electrons. The normalized spacial score (nSPS) is 13.8. The molecule has 0 spiro atoms. The number of hydrogen-bond donors (Lipinski definition) is 2. The lowest BCUT2D eigenvalue weighted by Gasteiger charge is -2.34. The van der Waals surface area contributed by atoms with Crippen molar-refractivity contribution in [2.24, 2.45) is 0 Å². The third kappa shape index (κ3) is 2.99. The van der Waals surface area contributed by atoms with Crippen molar-refractivity contribution in [1.82, 2.24) is 0 Å². The Labute approximate surface area is 119 Å². The van der Waals surface area contributed by atoms with Gasteiger partial charge in [-0.2, -0.15) is 0 Å². The number of aliphatic hydroxyl groups is 1. The van der Waals surface area contributed by atoms with Gasteiger partial charge < -0.3 is 10.4 Å².